The molecule has 2 aliphatic rings. The summed E-state index contributed by atoms with van der Waals surface area (Å²) in [5.41, 5.74) is 1.62. The van der Waals surface area contributed by atoms with Gasteiger partial charge in [-0.2, -0.15) is 5.10 Å². The Morgan fingerprint density at radius 3 is 2.40 bits per heavy atom. The molecule has 0 spiro atoms. The third-order valence-corrected chi connectivity index (χ3v) is 5.76. The number of likely N-dealkylation sites (tertiary alicyclic amines) is 1. The van der Waals surface area contributed by atoms with Crippen molar-refractivity contribution in [2.75, 3.05) is 26.2 Å². The van der Waals surface area contributed by atoms with Gasteiger partial charge in [-0.1, -0.05) is 15.9 Å². The van der Waals surface area contributed by atoms with E-state index >= 15 is 0 Å². The molecule has 0 saturated carbocycles. The third kappa shape index (κ3) is 3.91. The van der Waals surface area contributed by atoms with Gasteiger partial charge in [0, 0.05) is 23.8 Å². The van der Waals surface area contributed by atoms with Crippen LogP contribution in [-0.2, 0) is 0 Å². The van der Waals surface area contributed by atoms with Gasteiger partial charge >= 0.3 is 0 Å². The van der Waals surface area contributed by atoms with Crippen molar-refractivity contribution in [1.29, 1.82) is 0 Å². The van der Waals surface area contributed by atoms with E-state index in [4.69, 9.17) is 0 Å². The average Bonchev–Trinajstić information content (AvgIpc) is 3.21. The summed E-state index contributed by atoms with van der Waals surface area (Å²) in [5, 5.41) is 7.83. The second-order valence-electron chi connectivity index (χ2n) is 6.70. The number of nitrogens with one attached hydrogen (secondary N) is 1. The fourth-order valence-electron chi connectivity index (χ4n) is 3.77. The number of fused-ring (bicyclic) bond motifs is 1. The number of aromatic nitrogens is 2. The highest BCUT2D eigenvalue weighted by molar-refractivity contribution is 9.10. The first-order chi connectivity index (χ1) is 11.7. The van der Waals surface area contributed by atoms with Gasteiger partial charge in [0.1, 0.15) is 0 Å². The SMILES string of the molecule is Cl.O=C(c1cnn(-c2ccc(Br)cc2)c1)N1CC[C@@H]2CNC[C@@H]2CC1. The number of nitrogens with zero attached hydrogens (tertiary/aromatic N) is 3. The minimum atomic E-state index is 0. The first-order valence-electron chi connectivity index (χ1n) is 8.51. The van der Waals surface area contributed by atoms with Crippen LogP contribution in [0.4, 0.5) is 0 Å². The van der Waals surface area contributed by atoms with E-state index in [1.54, 1.807) is 10.9 Å². The van der Waals surface area contributed by atoms with Crippen molar-refractivity contribution in [3.8, 4) is 5.69 Å². The summed E-state index contributed by atoms with van der Waals surface area (Å²) < 4.78 is 2.79. The molecule has 2 atom stereocenters. The molecule has 2 aliphatic heterocycles. The molecule has 2 fully saturated rings. The van der Waals surface area contributed by atoms with Crippen molar-refractivity contribution >= 4 is 34.2 Å². The number of hydrogen-bond donors (Lipinski definition) is 1. The number of hydrogen-bond acceptors (Lipinski definition) is 3. The standard InChI is InChI=1S/C18H21BrN4O.ClH/c19-16-1-3-17(4-2-16)23-12-15(11-21-23)18(24)22-7-5-13-9-20-10-14(13)6-8-22;/h1-4,11-14,20H,5-10H2;1H/t13-,14+;. The summed E-state index contributed by atoms with van der Waals surface area (Å²) in [7, 11) is 0. The van der Waals surface area contributed by atoms with Crippen molar-refractivity contribution in [2.24, 2.45) is 11.8 Å². The van der Waals surface area contributed by atoms with Crippen LogP contribution in [0.2, 0.25) is 0 Å². The van der Waals surface area contributed by atoms with Gasteiger partial charge in [0.05, 0.1) is 17.4 Å². The molecule has 5 nitrogen and oxygen atoms in total. The Hall–Kier alpha value is -1.37. The summed E-state index contributed by atoms with van der Waals surface area (Å²) in [6.45, 7) is 3.92. The zero-order valence-electron chi connectivity index (χ0n) is 13.9. The van der Waals surface area contributed by atoms with Crippen LogP contribution in [0.25, 0.3) is 5.69 Å². The van der Waals surface area contributed by atoms with E-state index in [9.17, 15) is 4.79 Å². The predicted molar refractivity (Wildman–Crippen MR) is 103 cm³/mol. The molecule has 0 bridgehead atoms. The summed E-state index contributed by atoms with van der Waals surface area (Å²) in [4.78, 5) is 14.8. The molecule has 1 N–H and O–H groups in total. The molecule has 2 aromatic rings. The molecular formula is C18H22BrClN4O. The lowest BCUT2D eigenvalue weighted by molar-refractivity contribution is 0.0758. The number of carbonyl (C=O) groups excluding carboxylic acids is 1. The fraction of sp³-hybridized carbons (Fsp3) is 0.444. The van der Waals surface area contributed by atoms with E-state index < -0.39 is 0 Å². The molecule has 1 aromatic carbocycles. The van der Waals surface area contributed by atoms with E-state index in [1.165, 1.54) is 0 Å². The van der Waals surface area contributed by atoms with Gasteiger partial charge in [-0.15, -0.1) is 12.4 Å². The van der Waals surface area contributed by atoms with E-state index in [0.29, 0.717) is 5.56 Å². The van der Waals surface area contributed by atoms with E-state index in [-0.39, 0.29) is 18.3 Å². The van der Waals surface area contributed by atoms with Gasteiger partial charge in [0.2, 0.25) is 0 Å². The lowest BCUT2D eigenvalue weighted by Crippen LogP contribution is -2.32. The van der Waals surface area contributed by atoms with Crippen LogP contribution in [0.1, 0.15) is 23.2 Å². The lowest BCUT2D eigenvalue weighted by Gasteiger charge is -2.20. The van der Waals surface area contributed by atoms with Crippen LogP contribution in [0.5, 0.6) is 0 Å². The maximum atomic E-state index is 12.8. The molecule has 134 valence electrons. The predicted octanol–water partition coefficient (Wildman–Crippen LogP) is 3.13. The number of amides is 1. The normalized spacial score (nSPS) is 22.8. The second-order valence-corrected chi connectivity index (χ2v) is 7.61. The maximum absolute atomic E-state index is 12.8. The maximum Gasteiger partial charge on any atom is 0.257 e. The highest BCUT2D eigenvalue weighted by atomic mass is 79.9. The molecule has 0 unspecified atom stereocenters. The van der Waals surface area contributed by atoms with Crippen LogP contribution in [0, 0.1) is 11.8 Å². The Morgan fingerprint density at radius 1 is 1.12 bits per heavy atom. The largest absolute Gasteiger partial charge is 0.339 e. The Bertz CT molecular complexity index is 719. The number of carbonyl (C=O) groups is 1. The van der Waals surface area contributed by atoms with Crippen LogP contribution in [-0.4, -0.2) is 46.8 Å². The highest BCUT2D eigenvalue weighted by Gasteiger charge is 2.31. The summed E-state index contributed by atoms with van der Waals surface area (Å²) in [6, 6.07) is 7.90. The van der Waals surface area contributed by atoms with Gasteiger partial charge < -0.3 is 10.2 Å². The number of benzene rings is 1. The third-order valence-electron chi connectivity index (χ3n) is 5.23. The molecule has 2 saturated heterocycles. The summed E-state index contributed by atoms with van der Waals surface area (Å²) in [5.74, 6) is 1.56. The topological polar surface area (TPSA) is 50.2 Å². The smallest absolute Gasteiger partial charge is 0.257 e. The number of rotatable bonds is 2. The van der Waals surface area contributed by atoms with E-state index in [2.05, 4.69) is 26.3 Å². The minimum absolute atomic E-state index is 0. The molecule has 1 amide bonds. The molecule has 0 aliphatic carbocycles. The molecule has 0 radical (unpaired) electrons. The van der Waals surface area contributed by atoms with Crippen LogP contribution in [0.3, 0.4) is 0 Å². The molecule has 3 heterocycles. The molecule has 25 heavy (non-hydrogen) atoms. The van der Waals surface area contributed by atoms with Gasteiger partial charge in [0.25, 0.3) is 5.91 Å². The second kappa shape index (κ2) is 7.89. The Labute approximate surface area is 162 Å². The Balaban J connectivity index is 0.00000182. The first-order valence-corrected chi connectivity index (χ1v) is 9.30. The van der Waals surface area contributed by atoms with E-state index in [1.807, 2.05) is 35.4 Å². The van der Waals surface area contributed by atoms with Crippen LogP contribution < -0.4 is 5.32 Å². The van der Waals surface area contributed by atoms with E-state index in [0.717, 1.165) is 61.0 Å². The number of halogens is 2. The van der Waals surface area contributed by atoms with Crippen LogP contribution in [0.15, 0.2) is 41.1 Å². The van der Waals surface area contributed by atoms with Gasteiger partial charge in [0.15, 0.2) is 0 Å². The van der Waals surface area contributed by atoms with Crippen molar-refractivity contribution in [2.45, 2.75) is 12.8 Å². The van der Waals surface area contributed by atoms with Crippen LogP contribution >= 0.6 is 28.3 Å². The lowest BCUT2D eigenvalue weighted by atomic mass is 9.92. The molecule has 7 heteroatoms. The fourth-order valence-corrected chi connectivity index (χ4v) is 4.04. The molecule has 1 aromatic heterocycles. The van der Waals surface area contributed by atoms with Crippen molar-refractivity contribution in [3.05, 3.63) is 46.7 Å². The Kier molecular flexibility index (Phi) is 5.81. The zero-order valence-corrected chi connectivity index (χ0v) is 16.3. The van der Waals surface area contributed by atoms with Gasteiger partial charge in [-0.25, -0.2) is 4.68 Å². The summed E-state index contributed by atoms with van der Waals surface area (Å²) in [6.07, 6.45) is 5.71. The van der Waals surface area contributed by atoms with Gasteiger partial charge in [-0.05, 0) is 62.0 Å². The zero-order chi connectivity index (χ0) is 16.5. The molecular weight excluding hydrogens is 404 g/mol. The summed E-state index contributed by atoms with van der Waals surface area (Å²) >= 11 is 3.43. The minimum Gasteiger partial charge on any atom is -0.339 e. The van der Waals surface area contributed by atoms with Crippen molar-refractivity contribution < 1.29 is 4.79 Å². The molecule has 4 rings (SSSR count). The quantitative estimate of drug-likeness (QED) is 0.804. The van der Waals surface area contributed by atoms with Crippen molar-refractivity contribution in [1.82, 2.24) is 20.0 Å². The first kappa shape index (κ1) is 18.4. The average molecular weight is 426 g/mol. The van der Waals surface area contributed by atoms with Gasteiger partial charge in [-0.3, -0.25) is 4.79 Å². The highest BCUT2D eigenvalue weighted by Crippen LogP contribution is 2.27. The van der Waals surface area contributed by atoms with Crippen molar-refractivity contribution in [3.63, 3.8) is 0 Å². The Morgan fingerprint density at radius 2 is 1.76 bits per heavy atom. The monoisotopic (exact) mass is 424 g/mol.